The monoisotopic (exact) mass is 267 g/mol. The van der Waals surface area contributed by atoms with Crippen molar-refractivity contribution in [2.45, 2.75) is 24.2 Å². The Labute approximate surface area is 118 Å². The molecular weight excluding hydrogens is 250 g/mol. The minimum atomic E-state index is -0.782. The molecule has 0 spiro atoms. The minimum absolute atomic E-state index is 0.314. The third-order valence-electron chi connectivity index (χ3n) is 4.31. The first-order valence-corrected chi connectivity index (χ1v) is 6.76. The van der Waals surface area contributed by atoms with Gasteiger partial charge in [-0.05, 0) is 42.0 Å². The summed E-state index contributed by atoms with van der Waals surface area (Å²) in [7, 11) is 0. The van der Waals surface area contributed by atoms with Crippen LogP contribution in [0.15, 0.2) is 54.6 Å². The van der Waals surface area contributed by atoms with Crippen LogP contribution in [0, 0.1) is 0 Å². The SMILES string of the molecule is Nc1cccc(C2(C(=O)O)CC(c3ccccc3)C2)c1. The molecule has 0 aliphatic heterocycles. The predicted octanol–water partition coefficient (Wildman–Crippen LogP) is 3.17. The van der Waals surface area contributed by atoms with Gasteiger partial charge in [0.15, 0.2) is 0 Å². The Morgan fingerprint density at radius 2 is 1.80 bits per heavy atom. The van der Waals surface area contributed by atoms with Gasteiger partial charge in [0.25, 0.3) is 0 Å². The van der Waals surface area contributed by atoms with E-state index in [9.17, 15) is 9.90 Å². The average molecular weight is 267 g/mol. The van der Waals surface area contributed by atoms with Crippen molar-refractivity contribution in [1.82, 2.24) is 0 Å². The molecule has 0 unspecified atom stereocenters. The highest BCUT2D eigenvalue weighted by Gasteiger charge is 2.52. The number of anilines is 1. The maximum Gasteiger partial charge on any atom is 0.314 e. The van der Waals surface area contributed by atoms with E-state index in [2.05, 4.69) is 12.1 Å². The number of benzene rings is 2. The van der Waals surface area contributed by atoms with Gasteiger partial charge in [-0.3, -0.25) is 4.79 Å². The Morgan fingerprint density at radius 3 is 2.40 bits per heavy atom. The van der Waals surface area contributed by atoms with Gasteiger partial charge in [0.05, 0.1) is 5.41 Å². The normalized spacial score (nSPS) is 24.9. The van der Waals surface area contributed by atoms with Crippen molar-refractivity contribution in [3.05, 3.63) is 65.7 Å². The van der Waals surface area contributed by atoms with E-state index in [0.717, 1.165) is 5.56 Å². The number of nitrogens with two attached hydrogens (primary N) is 1. The Bertz CT molecular complexity index is 630. The quantitative estimate of drug-likeness (QED) is 0.840. The maximum atomic E-state index is 11.8. The van der Waals surface area contributed by atoms with Crippen molar-refractivity contribution >= 4 is 11.7 Å². The molecule has 3 N–H and O–H groups in total. The maximum absolute atomic E-state index is 11.8. The smallest absolute Gasteiger partial charge is 0.314 e. The molecule has 1 fully saturated rings. The predicted molar refractivity (Wildman–Crippen MR) is 78.6 cm³/mol. The van der Waals surface area contributed by atoms with Crippen molar-refractivity contribution in [1.29, 1.82) is 0 Å². The van der Waals surface area contributed by atoms with Gasteiger partial charge in [0, 0.05) is 5.69 Å². The number of rotatable bonds is 3. The highest BCUT2D eigenvalue weighted by Crippen LogP contribution is 2.53. The molecule has 0 heterocycles. The fraction of sp³-hybridized carbons (Fsp3) is 0.235. The lowest BCUT2D eigenvalue weighted by molar-refractivity contribution is -0.148. The van der Waals surface area contributed by atoms with E-state index < -0.39 is 11.4 Å². The standard InChI is InChI=1S/C17H17NO2/c18-15-8-4-7-14(9-15)17(16(19)20)10-13(11-17)12-5-2-1-3-6-12/h1-9,13H,10-11,18H2,(H,19,20). The van der Waals surface area contributed by atoms with Gasteiger partial charge in [-0.1, -0.05) is 42.5 Å². The van der Waals surface area contributed by atoms with E-state index in [1.807, 2.05) is 30.3 Å². The van der Waals surface area contributed by atoms with E-state index in [1.165, 1.54) is 5.56 Å². The van der Waals surface area contributed by atoms with Crippen molar-refractivity contribution in [3.8, 4) is 0 Å². The summed E-state index contributed by atoms with van der Waals surface area (Å²) in [5.41, 5.74) is 7.65. The number of carbonyl (C=O) groups is 1. The average Bonchev–Trinajstić information content (AvgIpc) is 2.38. The van der Waals surface area contributed by atoms with E-state index in [-0.39, 0.29) is 0 Å². The molecule has 20 heavy (non-hydrogen) atoms. The third-order valence-corrected chi connectivity index (χ3v) is 4.31. The first kappa shape index (κ1) is 12.7. The van der Waals surface area contributed by atoms with Gasteiger partial charge < -0.3 is 10.8 Å². The van der Waals surface area contributed by atoms with Gasteiger partial charge in [-0.15, -0.1) is 0 Å². The summed E-state index contributed by atoms with van der Waals surface area (Å²) < 4.78 is 0. The van der Waals surface area contributed by atoms with Crippen LogP contribution >= 0.6 is 0 Å². The Kier molecular flexibility index (Phi) is 2.97. The molecule has 0 aromatic heterocycles. The van der Waals surface area contributed by atoms with Crippen LogP contribution in [0.5, 0.6) is 0 Å². The molecule has 0 atom stereocenters. The van der Waals surface area contributed by atoms with Crippen LogP contribution in [0.3, 0.4) is 0 Å². The van der Waals surface area contributed by atoms with Crippen LogP contribution in [-0.4, -0.2) is 11.1 Å². The highest BCUT2D eigenvalue weighted by molar-refractivity contribution is 5.83. The van der Waals surface area contributed by atoms with E-state index in [0.29, 0.717) is 24.4 Å². The van der Waals surface area contributed by atoms with Gasteiger partial charge in [0.2, 0.25) is 0 Å². The number of hydrogen-bond acceptors (Lipinski definition) is 2. The highest BCUT2D eigenvalue weighted by atomic mass is 16.4. The Balaban J connectivity index is 1.89. The third kappa shape index (κ3) is 1.95. The summed E-state index contributed by atoms with van der Waals surface area (Å²) >= 11 is 0. The van der Waals surface area contributed by atoms with E-state index in [1.54, 1.807) is 12.1 Å². The second kappa shape index (κ2) is 4.67. The summed E-state index contributed by atoms with van der Waals surface area (Å²) in [4.78, 5) is 11.8. The summed E-state index contributed by atoms with van der Waals surface area (Å²) in [5.74, 6) is -0.441. The molecular formula is C17H17NO2. The lowest BCUT2D eigenvalue weighted by Crippen LogP contribution is -2.46. The first-order chi connectivity index (χ1) is 9.62. The van der Waals surface area contributed by atoms with E-state index >= 15 is 0 Å². The molecule has 1 aliphatic carbocycles. The van der Waals surface area contributed by atoms with Crippen LogP contribution in [-0.2, 0) is 10.2 Å². The minimum Gasteiger partial charge on any atom is -0.481 e. The van der Waals surface area contributed by atoms with Crippen LogP contribution in [0.4, 0.5) is 5.69 Å². The number of carboxylic acid groups (broad SMARTS) is 1. The zero-order chi connectivity index (χ0) is 14.2. The van der Waals surface area contributed by atoms with Crippen LogP contribution < -0.4 is 5.73 Å². The van der Waals surface area contributed by atoms with Gasteiger partial charge in [0.1, 0.15) is 0 Å². The lowest BCUT2D eigenvalue weighted by atomic mass is 9.57. The summed E-state index contributed by atoms with van der Waals surface area (Å²) in [6.45, 7) is 0. The molecule has 2 aromatic carbocycles. The molecule has 3 nitrogen and oxygen atoms in total. The number of nitrogen functional groups attached to an aromatic ring is 1. The molecule has 2 aromatic rings. The molecule has 1 aliphatic rings. The van der Waals surface area contributed by atoms with Crippen molar-refractivity contribution in [2.24, 2.45) is 0 Å². The molecule has 0 bridgehead atoms. The zero-order valence-corrected chi connectivity index (χ0v) is 11.1. The Morgan fingerprint density at radius 1 is 1.10 bits per heavy atom. The van der Waals surface area contributed by atoms with Crippen LogP contribution in [0.25, 0.3) is 0 Å². The van der Waals surface area contributed by atoms with Crippen LogP contribution in [0.1, 0.15) is 29.9 Å². The molecule has 3 rings (SSSR count). The summed E-state index contributed by atoms with van der Waals surface area (Å²) in [5, 5.41) is 9.65. The van der Waals surface area contributed by atoms with E-state index in [4.69, 9.17) is 5.73 Å². The molecule has 3 heteroatoms. The topological polar surface area (TPSA) is 63.3 Å². The summed E-state index contributed by atoms with van der Waals surface area (Å²) in [6, 6.07) is 17.4. The van der Waals surface area contributed by atoms with Gasteiger partial charge in [-0.2, -0.15) is 0 Å². The molecule has 0 amide bonds. The number of aliphatic carboxylic acids is 1. The van der Waals surface area contributed by atoms with Crippen molar-refractivity contribution in [2.75, 3.05) is 5.73 Å². The van der Waals surface area contributed by atoms with Gasteiger partial charge in [-0.25, -0.2) is 0 Å². The Hall–Kier alpha value is -2.29. The molecule has 0 saturated heterocycles. The number of carboxylic acids is 1. The molecule has 102 valence electrons. The first-order valence-electron chi connectivity index (χ1n) is 6.76. The fourth-order valence-electron chi connectivity index (χ4n) is 3.11. The summed E-state index contributed by atoms with van der Waals surface area (Å²) in [6.07, 6.45) is 1.27. The largest absolute Gasteiger partial charge is 0.481 e. The second-order valence-corrected chi connectivity index (χ2v) is 5.53. The lowest BCUT2D eigenvalue weighted by Gasteiger charge is -2.45. The molecule has 1 saturated carbocycles. The van der Waals surface area contributed by atoms with Gasteiger partial charge >= 0.3 is 5.97 Å². The second-order valence-electron chi connectivity index (χ2n) is 5.53. The van der Waals surface area contributed by atoms with Crippen molar-refractivity contribution < 1.29 is 9.90 Å². The zero-order valence-electron chi connectivity index (χ0n) is 11.1. The van der Waals surface area contributed by atoms with Crippen molar-refractivity contribution in [3.63, 3.8) is 0 Å². The molecule has 0 radical (unpaired) electrons. The fourth-order valence-corrected chi connectivity index (χ4v) is 3.11. The van der Waals surface area contributed by atoms with Crippen LogP contribution in [0.2, 0.25) is 0 Å². The number of hydrogen-bond donors (Lipinski definition) is 2.